The SMILES string of the molecule is COCCCN1CCC(CN)(SC)CC1. The summed E-state index contributed by atoms with van der Waals surface area (Å²) < 4.78 is 5.42. The molecule has 0 aromatic rings. The minimum Gasteiger partial charge on any atom is -0.385 e. The van der Waals surface area contributed by atoms with Crippen LogP contribution in [0.2, 0.25) is 0 Å². The van der Waals surface area contributed by atoms with Crippen molar-refractivity contribution in [2.45, 2.75) is 24.0 Å². The van der Waals surface area contributed by atoms with E-state index in [0.29, 0.717) is 4.75 Å². The summed E-state index contributed by atoms with van der Waals surface area (Å²) in [6, 6.07) is 0. The van der Waals surface area contributed by atoms with Gasteiger partial charge in [-0.15, -0.1) is 0 Å². The minimum absolute atomic E-state index is 0.359. The molecule has 0 unspecified atom stereocenters. The van der Waals surface area contributed by atoms with Gasteiger partial charge in [-0.05, 0) is 38.6 Å². The maximum absolute atomic E-state index is 5.86. The molecular weight excluding hydrogens is 208 g/mol. The summed E-state index contributed by atoms with van der Waals surface area (Å²) in [6.07, 6.45) is 5.80. The summed E-state index contributed by atoms with van der Waals surface area (Å²) in [5.41, 5.74) is 5.86. The van der Waals surface area contributed by atoms with Crippen LogP contribution < -0.4 is 5.73 Å². The fourth-order valence-corrected chi connectivity index (χ4v) is 2.87. The number of piperidine rings is 1. The van der Waals surface area contributed by atoms with Crippen LogP contribution in [-0.4, -0.2) is 55.8 Å². The van der Waals surface area contributed by atoms with Gasteiger partial charge < -0.3 is 15.4 Å². The Balaban J connectivity index is 2.22. The number of nitrogens with zero attached hydrogens (tertiary/aromatic N) is 1. The zero-order chi connectivity index (χ0) is 11.1. The van der Waals surface area contributed by atoms with E-state index in [0.717, 1.165) is 19.6 Å². The monoisotopic (exact) mass is 232 g/mol. The maximum atomic E-state index is 5.86. The first-order valence-electron chi connectivity index (χ1n) is 5.73. The van der Waals surface area contributed by atoms with Gasteiger partial charge in [0, 0.05) is 31.6 Å². The number of methoxy groups -OCH3 is 1. The number of nitrogens with two attached hydrogens (primary N) is 1. The summed E-state index contributed by atoms with van der Waals surface area (Å²) >= 11 is 1.95. The number of hydrogen-bond acceptors (Lipinski definition) is 4. The lowest BCUT2D eigenvalue weighted by Gasteiger charge is -2.40. The second-order valence-electron chi connectivity index (χ2n) is 4.28. The topological polar surface area (TPSA) is 38.5 Å². The molecule has 0 bridgehead atoms. The standard InChI is InChI=1S/C11H24N2OS/c1-14-9-3-6-13-7-4-11(10-12,15-2)5-8-13/h3-10,12H2,1-2H3. The highest BCUT2D eigenvalue weighted by molar-refractivity contribution is 8.00. The van der Waals surface area contributed by atoms with E-state index >= 15 is 0 Å². The predicted octanol–water partition coefficient (Wildman–Crippen LogP) is 1.18. The Morgan fingerprint density at radius 3 is 2.53 bits per heavy atom. The smallest absolute Gasteiger partial charge is 0.0474 e. The molecule has 1 fully saturated rings. The van der Waals surface area contributed by atoms with Crippen molar-refractivity contribution < 1.29 is 4.74 Å². The van der Waals surface area contributed by atoms with Crippen molar-refractivity contribution >= 4 is 11.8 Å². The number of thioether (sulfide) groups is 1. The lowest BCUT2D eigenvalue weighted by atomic mass is 9.96. The minimum atomic E-state index is 0.359. The highest BCUT2D eigenvalue weighted by Gasteiger charge is 2.32. The Morgan fingerprint density at radius 2 is 2.07 bits per heavy atom. The van der Waals surface area contributed by atoms with Gasteiger partial charge in [-0.2, -0.15) is 11.8 Å². The molecule has 0 aliphatic carbocycles. The lowest BCUT2D eigenvalue weighted by Crippen LogP contribution is -2.46. The van der Waals surface area contributed by atoms with E-state index in [2.05, 4.69) is 11.2 Å². The summed E-state index contributed by atoms with van der Waals surface area (Å²) in [6.45, 7) is 5.26. The molecule has 1 heterocycles. The molecule has 90 valence electrons. The second-order valence-corrected chi connectivity index (χ2v) is 5.55. The zero-order valence-electron chi connectivity index (χ0n) is 10.00. The van der Waals surface area contributed by atoms with Crippen LogP contribution in [-0.2, 0) is 4.74 Å². The van der Waals surface area contributed by atoms with Crippen LogP contribution >= 0.6 is 11.8 Å². The lowest BCUT2D eigenvalue weighted by molar-refractivity contribution is 0.154. The molecule has 0 saturated carbocycles. The number of rotatable bonds is 6. The molecule has 0 atom stereocenters. The van der Waals surface area contributed by atoms with E-state index in [1.165, 1.54) is 32.5 Å². The normalized spacial score (nSPS) is 21.8. The van der Waals surface area contributed by atoms with Gasteiger partial charge in [-0.3, -0.25) is 0 Å². The van der Waals surface area contributed by atoms with Crippen LogP contribution in [0.4, 0.5) is 0 Å². The third-order valence-corrected chi connectivity index (χ3v) is 4.84. The Labute approximate surface area is 97.7 Å². The Hall–Kier alpha value is 0.230. The summed E-state index contributed by atoms with van der Waals surface area (Å²) in [7, 11) is 1.77. The van der Waals surface area contributed by atoms with E-state index in [9.17, 15) is 0 Å². The Morgan fingerprint density at radius 1 is 1.40 bits per heavy atom. The van der Waals surface area contributed by atoms with Crippen LogP contribution in [0.1, 0.15) is 19.3 Å². The van der Waals surface area contributed by atoms with Gasteiger partial charge in [0.2, 0.25) is 0 Å². The molecule has 0 amide bonds. The largest absolute Gasteiger partial charge is 0.385 e. The molecule has 15 heavy (non-hydrogen) atoms. The second kappa shape index (κ2) is 6.74. The van der Waals surface area contributed by atoms with Gasteiger partial charge in [0.25, 0.3) is 0 Å². The highest BCUT2D eigenvalue weighted by atomic mass is 32.2. The van der Waals surface area contributed by atoms with Crippen molar-refractivity contribution in [1.82, 2.24) is 4.90 Å². The molecule has 4 heteroatoms. The molecule has 1 saturated heterocycles. The van der Waals surface area contributed by atoms with Gasteiger partial charge in [0.05, 0.1) is 0 Å². The zero-order valence-corrected chi connectivity index (χ0v) is 10.8. The van der Waals surface area contributed by atoms with E-state index in [1.807, 2.05) is 11.8 Å². The van der Waals surface area contributed by atoms with Gasteiger partial charge in [0.1, 0.15) is 0 Å². The third kappa shape index (κ3) is 3.94. The fourth-order valence-electron chi connectivity index (χ4n) is 2.11. The number of ether oxygens (including phenoxy) is 1. The van der Waals surface area contributed by atoms with Crippen molar-refractivity contribution in [3.8, 4) is 0 Å². The molecule has 0 aromatic carbocycles. The van der Waals surface area contributed by atoms with Crippen molar-refractivity contribution in [2.75, 3.05) is 46.2 Å². The first-order valence-corrected chi connectivity index (χ1v) is 6.95. The van der Waals surface area contributed by atoms with Crippen molar-refractivity contribution in [1.29, 1.82) is 0 Å². The molecule has 0 spiro atoms. The molecule has 0 radical (unpaired) electrons. The average Bonchev–Trinajstić information content (AvgIpc) is 2.31. The van der Waals surface area contributed by atoms with E-state index in [4.69, 9.17) is 10.5 Å². The van der Waals surface area contributed by atoms with Crippen LogP contribution in [0.3, 0.4) is 0 Å². The Kier molecular flexibility index (Phi) is 5.97. The molecule has 3 nitrogen and oxygen atoms in total. The Bertz CT molecular complexity index is 164. The fraction of sp³-hybridized carbons (Fsp3) is 1.00. The van der Waals surface area contributed by atoms with Gasteiger partial charge >= 0.3 is 0 Å². The van der Waals surface area contributed by atoms with Crippen molar-refractivity contribution in [3.63, 3.8) is 0 Å². The van der Waals surface area contributed by atoms with E-state index in [-0.39, 0.29) is 0 Å². The van der Waals surface area contributed by atoms with E-state index < -0.39 is 0 Å². The average molecular weight is 232 g/mol. The van der Waals surface area contributed by atoms with Crippen LogP contribution in [0, 0.1) is 0 Å². The number of hydrogen-bond donors (Lipinski definition) is 1. The summed E-state index contributed by atoms with van der Waals surface area (Å²) in [5.74, 6) is 0. The third-order valence-electron chi connectivity index (χ3n) is 3.40. The molecule has 1 aliphatic rings. The predicted molar refractivity (Wildman–Crippen MR) is 67.5 cm³/mol. The first kappa shape index (κ1) is 13.3. The molecular formula is C11H24N2OS. The molecule has 0 aromatic heterocycles. The molecule has 1 rings (SSSR count). The van der Waals surface area contributed by atoms with Gasteiger partial charge in [-0.25, -0.2) is 0 Å². The molecule has 2 N–H and O–H groups in total. The maximum Gasteiger partial charge on any atom is 0.0474 e. The quantitative estimate of drug-likeness (QED) is 0.698. The van der Waals surface area contributed by atoms with Crippen LogP contribution in [0.25, 0.3) is 0 Å². The highest BCUT2D eigenvalue weighted by Crippen LogP contribution is 2.33. The summed E-state index contributed by atoms with van der Waals surface area (Å²) in [5, 5.41) is 0. The van der Waals surface area contributed by atoms with Crippen molar-refractivity contribution in [2.24, 2.45) is 5.73 Å². The van der Waals surface area contributed by atoms with E-state index in [1.54, 1.807) is 7.11 Å². The van der Waals surface area contributed by atoms with Gasteiger partial charge in [0.15, 0.2) is 0 Å². The summed E-state index contributed by atoms with van der Waals surface area (Å²) in [4.78, 5) is 2.53. The van der Waals surface area contributed by atoms with Gasteiger partial charge in [-0.1, -0.05) is 0 Å². The first-order chi connectivity index (χ1) is 7.26. The van der Waals surface area contributed by atoms with Crippen molar-refractivity contribution in [3.05, 3.63) is 0 Å². The number of likely N-dealkylation sites (tertiary alicyclic amines) is 1. The van der Waals surface area contributed by atoms with Crippen LogP contribution in [0.15, 0.2) is 0 Å². The van der Waals surface area contributed by atoms with Crippen LogP contribution in [0.5, 0.6) is 0 Å². The molecule has 1 aliphatic heterocycles.